The van der Waals surface area contributed by atoms with Crippen LogP contribution in [0.3, 0.4) is 0 Å². The minimum absolute atomic E-state index is 0.178. The van der Waals surface area contributed by atoms with E-state index in [1.54, 1.807) is 19.2 Å². The number of carbonyl (C=O) groups is 1. The number of nitrogen functional groups attached to an aromatic ring is 1. The monoisotopic (exact) mass is 233 g/mol. The molecule has 2 rings (SSSR count). The molecule has 17 heavy (non-hydrogen) atoms. The zero-order valence-electron chi connectivity index (χ0n) is 9.20. The minimum atomic E-state index is -0.178. The highest BCUT2D eigenvalue weighted by Gasteiger charge is 2.13. The quantitative estimate of drug-likeness (QED) is 0.819. The average molecular weight is 233 g/mol. The molecule has 2 N–H and O–H groups in total. The van der Waals surface area contributed by atoms with Gasteiger partial charge in [-0.25, -0.2) is 4.98 Å². The number of hydrogen-bond donors (Lipinski definition) is 1. The van der Waals surface area contributed by atoms with Crippen molar-refractivity contribution in [1.82, 2.24) is 20.0 Å². The minimum Gasteiger partial charge on any atom is -0.384 e. The van der Waals surface area contributed by atoms with Gasteiger partial charge in [-0.3, -0.25) is 4.79 Å². The zero-order chi connectivity index (χ0) is 12.3. The summed E-state index contributed by atoms with van der Waals surface area (Å²) in [6, 6.07) is 3.20. The van der Waals surface area contributed by atoms with Crippen LogP contribution in [0.5, 0.6) is 0 Å². The van der Waals surface area contributed by atoms with Crippen LogP contribution in [-0.2, 0) is 6.54 Å². The SMILES string of the molecule is CN(Cc1ncon1)C(=O)c1ccc(N)nc1. The summed E-state index contributed by atoms with van der Waals surface area (Å²) in [5.74, 6) is 0.647. The van der Waals surface area contributed by atoms with Crippen LogP contribution in [0.2, 0.25) is 0 Å². The number of nitrogens with zero attached hydrogens (tertiary/aromatic N) is 4. The molecule has 0 saturated carbocycles. The van der Waals surface area contributed by atoms with Gasteiger partial charge in [0.1, 0.15) is 5.82 Å². The van der Waals surface area contributed by atoms with E-state index in [0.717, 1.165) is 0 Å². The van der Waals surface area contributed by atoms with Crippen LogP contribution < -0.4 is 5.73 Å². The molecule has 0 aliphatic rings. The van der Waals surface area contributed by atoms with Gasteiger partial charge in [-0.2, -0.15) is 4.98 Å². The molecule has 0 saturated heterocycles. The predicted molar refractivity (Wildman–Crippen MR) is 58.7 cm³/mol. The van der Waals surface area contributed by atoms with E-state index in [1.165, 1.54) is 17.5 Å². The number of amides is 1. The number of aromatic nitrogens is 3. The molecule has 0 aliphatic heterocycles. The molecule has 2 aromatic rings. The van der Waals surface area contributed by atoms with Crippen LogP contribution in [-0.4, -0.2) is 33.0 Å². The summed E-state index contributed by atoms with van der Waals surface area (Å²) in [5, 5.41) is 3.63. The van der Waals surface area contributed by atoms with Crippen molar-refractivity contribution < 1.29 is 9.32 Å². The van der Waals surface area contributed by atoms with Crippen molar-refractivity contribution in [2.24, 2.45) is 0 Å². The fraction of sp³-hybridized carbons (Fsp3) is 0.200. The molecule has 0 bridgehead atoms. The Bertz CT molecular complexity index is 494. The Kier molecular flexibility index (Phi) is 2.99. The number of hydrogen-bond acceptors (Lipinski definition) is 6. The highest BCUT2D eigenvalue weighted by molar-refractivity contribution is 5.93. The molecular weight excluding hydrogens is 222 g/mol. The van der Waals surface area contributed by atoms with Gasteiger partial charge in [0.25, 0.3) is 5.91 Å². The van der Waals surface area contributed by atoms with Crippen molar-refractivity contribution in [1.29, 1.82) is 0 Å². The van der Waals surface area contributed by atoms with E-state index >= 15 is 0 Å². The predicted octanol–water partition coefficient (Wildman–Crippen LogP) is 0.319. The van der Waals surface area contributed by atoms with Crippen molar-refractivity contribution in [2.45, 2.75) is 6.54 Å². The molecule has 88 valence electrons. The highest BCUT2D eigenvalue weighted by atomic mass is 16.5. The number of carbonyl (C=O) groups excluding carboxylic acids is 1. The molecule has 0 radical (unpaired) electrons. The Hall–Kier alpha value is -2.44. The van der Waals surface area contributed by atoms with Crippen molar-refractivity contribution in [3.63, 3.8) is 0 Å². The van der Waals surface area contributed by atoms with E-state index in [0.29, 0.717) is 17.2 Å². The Morgan fingerprint density at radius 2 is 2.29 bits per heavy atom. The summed E-state index contributed by atoms with van der Waals surface area (Å²) in [7, 11) is 1.65. The number of pyridine rings is 1. The normalized spacial score (nSPS) is 10.2. The van der Waals surface area contributed by atoms with Gasteiger partial charge in [-0.15, -0.1) is 0 Å². The first-order valence-electron chi connectivity index (χ1n) is 4.89. The number of anilines is 1. The lowest BCUT2D eigenvalue weighted by Crippen LogP contribution is -2.26. The first kappa shape index (κ1) is 11.1. The third-order valence-corrected chi connectivity index (χ3v) is 2.17. The molecule has 2 aromatic heterocycles. The van der Waals surface area contributed by atoms with Gasteiger partial charge in [0.2, 0.25) is 6.39 Å². The molecular formula is C10H11N5O2. The summed E-state index contributed by atoms with van der Waals surface area (Å²) >= 11 is 0. The van der Waals surface area contributed by atoms with Crippen LogP contribution in [0.4, 0.5) is 5.82 Å². The summed E-state index contributed by atoms with van der Waals surface area (Å²) in [6.07, 6.45) is 2.66. The molecule has 0 aromatic carbocycles. The van der Waals surface area contributed by atoms with E-state index in [2.05, 4.69) is 19.6 Å². The average Bonchev–Trinajstić information content (AvgIpc) is 2.82. The first-order chi connectivity index (χ1) is 8.16. The van der Waals surface area contributed by atoms with Crippen LogP contribution in [0.25, 0.3) is 0 Å². The molecule has 7 heteroatoms. The third-order valence-electron chi connectivity index (χ3n) is 2.17. The van der Waals surface area contributed by atoms with Gasteiger partial charge in [-0.1, -0.05) is 5.16 Å². The number of rotatable bonds is 3. The molecule has 1 amide bonds. The standard InChI is InChI=1S/C10H11N5O2/c1-15(5-9-13-6-17-14-9)10(16)7-2-3-8(11)12-4-7/h2-4,6H,5H2,1H3,(H2,11,12). The Labute approximate surface area is 97.2 Å². The van der Waals surface area contributed by atoms with E-state index in [-0.39, 0.29) is 12.5 Å². The van der Waals surface area contributed by atoms with E-state index in [1.807, 2.05) is 0 Å². The molecule has 0 fully saturated rings. The van der Waals surface area contributed by atoms with Crippen LogP contribution in [0, 0.1) is 0 Å². The highest BCUT2D eigenvalue weighted by Crippen LogP contribution is 2.06. The Morgan fingerprint density at radius 1 is 1.47 bits per heavy atom. The van der Waals surface area contributed by atoms with E-state index < -0.39 is 0 Å². The van der Waals surface area contributed by atoms with Crippen molar-refractivity contribution in [2.75, 3.05) is 12.8 Å². The van der Waals surface area contributed by atoms with Crippen LogP contribution in [0.15, 0.2) is 29.2 Å². The molecule has 7 nitrogen and oxygen atoms in total. The third kappa shape index (κ3) is 2.57. The van der Waals surface area contributed by atoms with Gasteiger partial charge >= 0.3 is 0 Å². The summed E-state index contributed by atoms with van der Waals surface area (Å²) in [5.41, 5.74) is 5.91. The molecule has 0 unspecified atom stereocenters. The molecule has 2 heterocycles. The lowest BCUT2D eigenvalue weighted by molar-refractivity contribution is 0.0780. The lowest BCUT2D eigenvalue weighted by Gasteiger charge is -2.14. The Balaban J connectivity index is 2.07. The largest absolute Gasteiger partial charge is 0.384 e. The van der Waals surface area contributed by atoms with Crippen molar-refractivity contribution in [3.8, 4) is 0 Å². The maximum Gasteiger partial charge on any atom is 0.255 e. The maximum absolute atomic E-state index is 11.9. The second-order valence-corrected chi connectivity index (χ2v) is 3.48. The van der Waals surface area contributed by atoms with Gasteiger partial charge in [0.15, 0.2) is 5.82 Å². The van der Waals surface area contributed by atoms with Crippen molar-refractivity contribution >= 4 is 11.7 Å². The maximum atomic E-state index is 11.9. The van der Waals surface area contributed by atoms with E-state index in [4.69, 9.17) is 5.73 Å². The molecule has 0 atom stereocenters. The number of nitrogens with two attached hydrogens (primary N) is 1. The summed E-state index contributed by atoms with van der Waals surface area (Å²) in [4.78, 5) is 21.1. The molecule has 0 spiro atoms. The lowest BCUT2D eigenvalue weighted by atomic mass is 10.2. The molecule has 0 aliphatic carbocycles. The van der Waals surface area contributed by atoms with E-state index in [9.17, 15) is 4.79 Å². The zero-order valence-corrected chi connectivity index (χ0v) is 9.20. The Morgan fingerprint density at radius 3 is 2.88 bits per heavy atom. The van der Waals surface area contributed by atoms with Crippen LogP contribution >= 0.6 is 0 Å². The van der Waals surface area contributed by atoms with Crippen molar-refractivity contribution in [3.05, 3.63) is 36.1 Å². The fourth-order valence-electron chi connectivity index (χ4n) is 1.30. The van der Waals surface area contributed by atoms with Gasteiger partial charge in [0, 0.05) is 13.2 Å². The topological polar surface area (TPSA) is 98.1 Å². The summed E-state index contributed by atoms with van der Waals surface area (Å²) in [6.45, 7) is 0.277. The van der Waals surface area contributed by atoms with Gasteiger partial charge < -0.3 is 15.2 Å². The van der Waals surface area contributed by atoms with Crippen LogP contribution in [0.1, 0.15) is 16.2 Å². The second kappa shape index (κ2) is 4.60. The second-order valence-electron chi connectivity index (χ2n) is 3.48. The smallest absolute Gasteiger partial charge is 0.255 e. The van der Waals surface area contributed by atoms with Gasteiger partial charge in [0.05, 0.1) is 12.1 Å². The van der Waals surface area contributed by atoms with Gasteiger partial charge in [-0.05, 0) is 12.1 Å². The fourth-order valence-corrected chi connectivity index (χ4v) is 1.30. The summed E-state index contributed by atoms with van der Waals surface area (Å²) < 4.78 is 4.59. The first-order valence-corrected chi connectivity index (χ1v) is 4.89.